The molecule has 3 rings (SSSR count). The van der Waals surface area contributed by atoms with E-state index in [0.29, 0.717) is 12.3 Å². The van der Waals surface area contributed by atoms with E-state index in [0.717, 1.165) is 32.2 Å². The van der Waals surface area contributed by atoms with Crippen molar-refractivity contribution in [1.82, 2.24) is 9.88 Å². The molecule has 1 fully saturated rings. The first kappa shape index (κ1) is 14.2. The average molecular weight is 284 g/mol. The minimum atomic E-state index is 0.232. The van der Waals surface area contributed by atoms with E-state index in [9.17, 15) is 4.79 Å². The van der Waals surface area contributed by atoms with Crippen molar-refractivity contribution in [3.63, 3.8) is 0 Å². The molecule has 1 unspecified atom stereocenters. The molecule has 1 N–H and O–H groups in total. The molecule has 1 aromatic heterocycles. The third-order valence-electron chi connectivity index (χ3n) is 4.48. The molecule has 1 aromatic carbocycles. The number of likely N-dealkylation sites (tertiary alicyclic amines) is 1. The van der Waals surface area contributed by atoms with Crippen molar-refractivity contribution in [2.75, 3.05) is 6.54 Å². The Morgan fingerprint density at radius 2 is 2.19 bits per heavy atom. The summed E-state index contributed by atoms with van der Waals surface area (Å²) < 4.78 is 0. The molecule has 112 valence electrons. The molecule has 0 radical (unpaired) electrons. The van der Waals surface area contributed by atoms with Crippen LogP contribution < -0.4 is 0 Å². The van der Waals surface area contributed by atoms with Crippen LogP contribution in [-0.2, 0) is 4.79 Å². The third kappa shape index (κ3) is 2.97. The largest absolute Gasteiger partial charge is 0.357 e. The Balaban J connectivity index is 1.84. The van der Waals surface area contributed by atoms with Crippen molar-refractivity contribution < 1.29 is 4.79 Å². The molecule has 2 heterocycles. The number of H-pyrrole nitrogens is 1. The van der Waals surface area contributed by atoms with E-state index in [-0.39, 0.29) is 6.04 Å². The van der Waals surface area contributed by atoms with Gasteiger partial charge in [-0.05, 0) is 43.2 Å². The summed E-state index contributed by atoms with van der Waals surface area (Å²) in [6.45, 7) is 3.04. The van der Waals surface area contributed by atoms with Crippen LogP contribution in [0.3, 0.4) is 0 Å². The van der Waals surface area contributed by atoms with Gasteiger partial charge in [-0.1, -0.05) is 31.5 Å². The molecule has 1 aliphatic rings. The smallest absolute Gasteiger partial charge is 0.223 e. The van der Waals surface area contributed by atoms with Gasteiger partial charge in [0.15, 0.2) is 0 Å². The van der Waals surface area contributed by atoms with Crippen molar-refractivity contribution in [3.05, 3.63) is 36.0 Å². The molecule has 1 saturated heterocycles. The molecule has 1 amide bonds. The second kappa shape index (κ2) is 6.33. The molecule has 21 heavy (non-hydrogen) atoms. The Hall–Kier alpha value is -1.77. The van der Waals surface area contributed by atoms with Gasteiger partial charge in [0.2, 0.25) is 5.91 Å². The lowest BCUT2D eigenvalue weighted by Gasteiger charge is -2.35. The number of carbonyl (C=O) groups is 1. The number of aromatic amines is 1. The van der Waals surface area contributed by atoms with Crippen LogP contribution in [0.4, 0.5) is 0 Å². The van der Waals surface area contributed by atoms with Crippen molar-refractivity contribution in [3.8, 4) is 0 Å². The lowest BCUT2D eigenvalue weighted by Crippen LogP contribution is -2.38. The highest BCUT2D eigenvalue weighted by atomic mass is 16.2. The standard InChI is InChI=1S/C18H24N2O/c1-2-3-11-18(21)20-12-7-6-10-17(20)16-13-14-8-4-5-9-15(14)19-16/h4-5,8-9,13,17,19H,2-3,6-7,10-12H2,1H3. The fraction of sp³-hybridized carbons (Fsp3) is 0.500. The first-order valence-corrected chi connectivity index (χ1v) is 8.16. The number of nitrogens with zero attached hydrogens (tertiary/aromatic N) is 1. The summed E-state index contributed by atoms with van der Waals surface area (Å²) in [4.78, 5) is 18.1. The number of piperidine rings is 1. The van der Waals surface area contributed by atoms with Crippen molar-refractivity contribution in [2.24, 2.45) is 0 Å². The second-order valence-corrected chi connectivity index (χ2v) is 6.01. The van der Waals surface area contributed by atoms with Gasteiger partial charge in [0.1, 0.15) is 0 Å². The van der Waals surface area contributed by atoms with Crippen LogP contribution in [0.5, 0.6) is 0 Å². The fourth-order valence-electron chi connectivity index (χ4n) is 3.30. The Morgan fingerprint density at radius 1 is 1.33 bits per heavy atom. The highest BCUT2D eigenvalue weighted by molar-refractivity contribution is 5.81. The van der Waals surface area contributed by atoms with Gasteiger partial charge in [-0.25, -0.2) is 0 Å². The number of carbonyl (C=O) groups excluding carboxylic acids is 1. The predicted octanol–water partition coefficient (Wildman–Crippen LogP) is 4.41. The number of nitrogens with one attached hydrogen (secondary N) is 1. The molecule has 0 spiro atoms. The van der Waals surface area contributed by atoms with Gasteiger partial charge < -0.3 is 9.88 Å². The van der Waals surface area contributed by atoms with Gasteiger partial charge in [0, 0.05) is 24.2 Å². The zero-order valence-electron chi connectivity index (χ0n) is 12.8. The minimum Gasteiger partial charge on any atom is -0.357 e. The number of unbranched alkanes of at least 4 members (excludes halogenated alkanes) is 1. The molecule has 1 atom stereocenters. The highest BCUT2D eigenvalue weighted by Gasteiger charge is 2.28. The van der Waals surface area contributed by atoms with Crippen LogP contribution in [0.15, 0.2) is 30.3 Å². The molecule has 1 aliphatic heterocycles. The van der Waals surface area contributed by atoms with Crippen LogP contribution in [0.2, 0.25) is 0 Å². The molecule has 0 bridgehead atoms. The maximum atomic E-state index is 12.5. The van der Waals surface area contributed by atoms with Crippen LogP contribution in [0.1, 0.15) is 57.2 Å². The van der Waals surface area contributed by atoms with E-state index in [1.807, 2.05) is 6.07 Å². The first-order chi connectivity index (χ1) is 10.3. The number of benzene rings is 1. The fourth-order valence-corrected chi connectivity index (χ4v) is 3.30. The lowest BCUT2D eigenvalue weighted by atomic mass is 9.98. The zero-order chi connectivity index (χ0) is 14.7. The lowest BCUT2D eigenvalue weighted by molar-refractivity contribution is -0.135. The maximum absolute atomic E-state index is 12.5. The summed E-state index contributed by atoms with van der Waals surface area (Å²) in [5, 5.41) is 1.24. The van der Waals surface area contributed by atoms with Gasteiger partial charge in [-0.2, -0.15) is 0 Å². The maximum Gasteiger partial charge on any atom is 0.223 e. The summed E-state index contributed by atoms with van der Waals surface area (Å²) >= 11 is 0. The molecular formula is C18H24N2O. The van der Waals surface area contributed by atoms with E-state index in [2.05, 4.69) is 41.1 Å². The Bertz CT molecular complexity index is 583. The molecule has 0 saturated carbocycles. The van der Waals surface area contributed by atoms with Gasteiger partial charge in [0.25, 0.3) is 0 Å². The zero-order valence-corrected chi connectivity index (χ0v) is 12.8. The Kier molecular flexibility index (Phi) is 4.28. The molecule has 3 nitrogen and oxygen atoms in total. The average Bonchev–Trinajstić information content (AvgIpc) is 2.96. The predicted molar refractivity (Wildman–Crippen MR) is 86.1 cm³/mol. The second-order valence-electron chi connectivity index (χ2n) is 6.01. The van der Waals surface area contributed by atoms with Crippen molar-refractivity contribution in [2.45, 2.75) is 51.5 Å². The quantitative estimate of drug-likeness (QED) is 0.887. The van der Waals surface area contributed by atoms with Crippen molar-refractivity contribution >= 4 is 16.8 Å². The van der Waals surface area contributed by atoms with E-state index in [4.69, 9.17) is 0 Å². The molecular weight excluding hydrogens is 260 g/mol. The van der Waals surface area contributed by atoms with E-state index in [1.54, 1.807) is 0 Å². The summed E-state index contributed by atoms with van der Waals surface area (Å²) in [7, 11) is 0. The third-order valence-corrected chi connectivity index (χ3v) is 4.48. The summed E-state index contributed by atoms with van der Waals surface area (Å²) in [6, 6.07) is 10.8. The van der Waals surface area contributed by atoms with Crippen LogP contribution >= 0.6 is 0 Å². The van der Waals surface area contributed by atoms with Crippen LogP contribution in [-0.4, -0.2) is 22.3 Å². The summed E-state index contributed by atoms with van der Waals surface area (Å²) in [5.74, 6) is 0.320. The Morgan fingerprint density at radius 3 is 3.00 bits per heavy atom. The number of hydrogen-bond donors (Lipinski definition) is 1. The number of fused-ring (bicyclic) bond motifs is 1. The first-order valence-electron chi connectivity index (χ1n) is 8.16. The summed E-state index contributed by atoms with van der Waals surface area (Å²) in [5.41, 5.74) is 2.36. The van der Waals surface area contributed by atoms with E-state index >= 15 is 0 Å². The number of aromatic nitrogens is 1. The van der Waals surface area contributed by atoms with Gasteiger partial charge in [-0.3, -0.25) is 4.79 Å². The van der Waals surface area contributed by atoms with Gasteiger partial charge >= 0.3 is 0 Å². The number of hydrogen-bond acceptors (Lipinski definition) is 1. The summed E-state index contributed by atoms with van der Waals surface area (Å²) in [6.07, 6.45) is 6.18. The van der Waals surface area contributed by atoms with Crippen molar-refractivity contribution in [1.29, 1.82) is 0 Å². The highest BCUT2D eigenvalue weighted by Crippen LogP contribution is 2.32. The topological polar surface area (TPSA) is 36.1 Å². The van der Waals surface area contributed by atoms with Gasteiger partial charge in [-0.15, -0.1) is 0 Å². The SMILES string of the molecule is CCCCC(=O)N1CCCCC1c1cc2ccccc2[nH]1. The minimum absolute atomic E-state index is 0.232. The normalized spacial score (nSPS) is 19.1. The van der Waals surface area contributed by atoms with E-state index < -0.39 is 0 Å². The van der Waals surface area contributed by atoms with Gasteiger partial charge in [0.05, 0.1) is 6.04 Å². The monoisotopic (exact) mass is 284 g/mol. The Labute approximate surface area is 126 Å². The number of rotatable bonds is 4. The van der Waals surface area contributed by atoms with E-state index in [1.165, 1.54) is 23.0 Å². The van der Waals surface area contributed by atoms with Crippen LogP contribution in [0, 0.1) is 0 Å². The van der Waals surface area contributed by atoms with Crippen LogP contribution in [0.25, 0.3) is 10.9 Å². The number of amides is 1. The molecule has 2 aromatic rings. The molecule has 3 heteroatoms. The number of para-hydroxylation sites is 1. The molecule has 0 aliphatic carbocycles.